The van der Waals surface area contributed by atoms with E-state index in [1.165, 1.54) is 6.42 Å². The van der Waals surface area contributed by atoms with Crippen LogP contribution in [0.1, 0.15) is 53.6 Å². The highest BCUT2D eigenvalue weighted by molar-refractivity contribution is 6.31. The summed E-state index contributed by atoms with van der Waals surface area (Å²) in [6.07, 6.45) is 5.02. The number of hydrogen-bond acceptors (Lipinski definition) is 4. The first kappa shape index (κ1) is 21.3. The van der Waals surface area contributed by atoms with E-state index in [2.05, 4.69) is 16.2 Å². The van der Waals surface area contributed by atoms with Gasteiger partial charge in [-0.2, -0.15) is 0 Å². The molecule has 1 saturated carbocycles. The molecule has 3 rings (SSSR count). The van der Waals surface area contributed by atoms with Gasteiger partial charge in [0.15, 0.2) is 0 Å². The molecule has 0 aliphatic heterocycles. The predicted octanol–water partition coefficient (Wildman–Crippen LogP) is 3.75. The van der Waals surface area contributed by atoms with Gasteiger partial charge in [-0.3, -0.25) is 15.0 Å². The third-order valence-corrected chi connectivity index (χ3v) is 5.43. The van der Waals surface area contributed by atoms with E-state index in [1.54, 1.807) is 12.1 Å². The molecule has 1 aliphatic carbocycles. The number of nitrogens with two attached hydrogens (primary N) is 1. The van der Waals surface area contributed by atoms with Gasteiger partial charge in [0.2, 0.25) is 5.91 Å². The van der Waals surface area contributed by atoms with E-state index in [1.807, 2.05) is 30.3 Å². The Hall–Kier alpha value is -2.41. The number of rotatable bonds is 7. The van der Waals surface area contributed by atoms with E-state index >= 15 is 0 Å². The highest BCUT2D eigenvalue weighted by Gasteiger charge is 2.24. The molecular weight excluding hydrogens is 388 g/mol. The van der Waals surface area contributed by atoms with Crippen LogP contribution in [0.4, 0.5) is 5.69 Å². The summed E-state index contributed by atoms with van der Waals surface area (Å²) < 4.78 is 0. The van der Waals surface area contributed by atoms with E-state index in [0.717, 1.165) is 31.2 Å². The average Bonchev–Trinajstić information content (AvgIpc) is 2.75. The van der Waals surface area contributed by atoms with Gasteiger partial charge in [-0.15, -0.1) is 0 Å². The van der Waals surface area contributed by atoms with Crippen LogP contribution in [0.2, 0.25) is 5.02 Å². The topological polar surface area (TPSA) is 96.2 Å². The first-order valence-corrected chi connectivity index (χ1v) is 10.4. The molecule has 1 aliphatic rings. The lowest BCUT2D eigenvalue weighted by atomic mass is 9.88. The molecule has 0 unspecified atom stereocenters. The van der Waals surface area contributed by atoms with Crippen LogP contribution in [0.5, 0.6) is 0 Å². The van der Waals surface area contributed by atoms with Gasteiger partial charge in [0, 0.05) is 24.0 Å². The van der Waals surface area contributed by atoms with Crippen molar-refractivity contribution in [3.05, 3.63) is 64.2 Å². The Kier molecular flexibility index (Phi) is 7.63. The summed E-state index contributed by atoms with van der Waals surface area (Å²) in [6.45, 7) is 0.638. The van der Waals surface area contributed by atoms with Gasteiger partial charge in [0.05, 0.1) is 11.3 Å². The monoisotopic (exact) mass is 414 g/mol. The molecule has 0 aromatic heterocycles. The van der Waals surface area contributed by atoms with Crippen LogP contribution in [0.25, 0.3) is 0 Å². The minimum Gasteiger partial charge on any atom is -0.326 e. The number of hydrazine groups is 1. The van der Waals surface area contributed by atoms with Gasteiger partial charge in [0.25, 0.3) is 5.91 Å². The first-order chi connectivity index (χ1) is 14.1. The number of anilines is 1. The van der Waals surface area contributed by atoms with Crippen molar-refractivity contribution < 1.29 is 9.59 Å². The molecule has 29 heavy (non-hydrogen) atoms. The summed E-state index contributed by atoms with van der Waals surface area (Å²) in [5.41, 5.74) is 13.9. The second kappa shape index (κ2) is 10.4. The lowest BCUT2D eigenvalue weighted by molar-refractivity contribution is -0.120. The quantitative estimate of drug-likeness (QED) is 0.519. The van der Waals surface area contributed by atoms with Crippen molar-refractivity contribution in [2.45, 2.75) is 45.2 Å². The largest absolute Gasteiger partial charge is 0.326 e. The molecule has 1 fully saturated rings. The number of carbonyl (C=O) groups is 2. The molecule has 6 nitrogen and oxygen atoms in total. The van der Waals surface area contributed by atoms with Crippen LogP contribution < -0.4 is 21.9 Å². The normalized spacial score (nSPS) is 14.4. The zero-order valence-corrected chi connectivity index (χ0v) is 17.1. The molecule has 5 N–H and O–H groups in total. The van der Waals surface area contributed by atoms with Crippen LogP contribution in [0, 0.1) is 5.92 Å². The predicted molar refractivity (Wildman–Crippen MR) is 115 cm³/mol. The lowest BCUT2D eigenvalue weighted by Crippen LogP contribution is -2.37. The molecule has 0 atom stereocenters. The van der Waals surface area contributed by atoms with Gasteiger partial charge in [-0.05, 0) is 36.1 Å². The molecule has 0 spiro atoms. The smallest absolute Gasteiger partial charge is 0.267 e. The number of carbonyl (C=O) groups excluding carboxylic acids is 2. The van der Waals surface area contributed by atoms with Crippen LogP contribution in [0.3, 0.4) is 0 Å². The van der Waals surface area contributed by atoms with Crippen LogP contribution in [-0.2, 0) is 17.9 Å². The minimum atomic E-state index is -0.378. The van der Waals surface area contributed by atoms with Crippen molar-refractivity contribution in [3.63, 3.8) is 0 Å². The Balaban J connectivity index is 1.74. The maximum atomic E-state index is 12.8. The van der Waals surface area contributed by atoms with Crippen LogP contribution in [0.15, 0.2) is 42.5 Å². The van der Waals surface area contributed by atoms with Gasteiger partial charge < -0.3 is 11.1 Å². The van der Waals surface area contributed by atoms with Crippen molar-refractivity contribution in [1.29, 1.82) is 0 Å². The Morgan fingerprint density at radius 1 is 1.07 bits per heavy atom. The highest BCUT2D eigenvalue weighted by atomic mass is 35.5. The minimum absolute atomic E-state index is 0.0304. The lowest BCUT2D eigenvalue weighted by Gasteiger charge is -2.23. The molecule has 2 amide bonds. The Morgan fingerprint density at radius 3 is 2.48 bits per heavy atom. The Bertz CT molecular complexity index is 851. The summed E-state index contributed by atoms with van der Waals surface area (Å²) in [6, 6.07) is 13.0. The zero-order chi connectivity index (χ0) is 20.6. The molecule has 2 aromatic carbocycles. The van der Waals surface area contributed by atoms with Crippen molar-refractivity contribution in [3.8, 4) is 0 Å². The van der Waals surface area contributed by atoms with E-state index in [9.17, 15) is 9.59 Å². The maximum absolute atomic E-state index is 12.8. The fourth-order valence-corrected chi connectivity index (χ4v) is 3.87. The van der Waals surface area contributed by atoms with E-state index in [4.69, 9.17) is 17.3 Å². The molecule has 2 aromatic rings. The van der Waals surface area contributed by atoms with Gasteiger partial charge >= 0.3 is 0 Å². The van der Waals surface area contributed by atoms with Crippen LogP contribution >= 0.6 is 11.6 Å². The second-order valence-corrected chi connectivity index (χ2v) is 7.75. The number of amides is 2. The molecular formula is C22H27ClN4O2. The van der Waals surface area contributed by atoms with Gasteiger partial charge in [0.1, 0.15) is 0 Å². The molecule has 0 radical (unpaired) electrons. The fourth-order valence-electron chi connectivity index (χ4n) is 3.63. The molecule has 7 heteroatoms. The van der Waals surface area contributed by atoms with E-state index < -0.39 is 0 Å². The van der Waals surface area contributed by atoms with Crippen molar-refractivity contribution in [1.82, 2.24) is 10.9 Å². The molecule has 0 heterocycles. The van der Waals surface area contributed by atoms with Gasteiger partial charge in [-0.25, -0.2) is 5.43 Å². The summed E-state index contributed by atoms with van der Waals surface area (Å²) in [4.78, 5) is 25.6. The van der Waals surface area contributed by atoms with Gasteiger partial charge in [-0.1, -0.05) is 61.2 Å². The van der Waals surface area contributed by atoms with E-state index in [-0.39, 0.29) is 24.3 Å². The first-order valence-electron chi connectivity index (χ1n) is 9.99. The number of nitrogens with one attached hydrogen (secondary N) is 3. The summed E-state index contributed by atoms with van der Waals surface area (Å²) in [5.74, 6) is -0.470. The van der Waals surface area contributed by atoms with Crippen molar-refractivity contribution in [2.24, 2.45) is 11.7 Å². The number of halogens is 1. The zero-order valence-electron chi connectivity index (χ0n) is 16.3. The summed E-state index contributed by atoms with van der Waals surface area (Å²) in [5, 5.41) is 3.35. The highest BCUT2D eigenvalue weighted by Crippen LogP contribution is 2.29. The second-order valence-electron chi connectivity index (χ2n) is 7.31. The standard InChI is InChI=1S/C22H27ClN4O2/c23-18-11-17(13-24)20(26-21(28)16-9-5-2-6-10-16)19(12-18)22(29)27-25-14-15-7-3-1-4-8-15/h1,3-4,7-8,11-12,16,25H,2,5-6,9-10,13-14,24H2,(H,26,28)(H,27,29). The third-order valence-electron chi connectivity index (χ3n) is 5.21. The Morgan fingerprint density at radius 2 is 1.79 bits per heavy atom. The fraction of sp³-hybridized carbons (Fsp3) is 0.364. The molecule has 154 valence electrons. The summed E-state index contributed by atoms with van der Waals surface area (Å²) >= 11 is 6.19. The SMILES string of the molecule is NCc1cc(Cl)cc(C(=O)NNCc2ccccc2)c1NC(=O)C1CCCCC1. The van der Waals surface area contributed by atoms with Crippen molar-refractivity contribution in [2.75, 3.05) is 5.32 Å². The molecule has 0 bridgehead atoms. The maximum Gasteiger partial charge on any atom is 0.267 e. The Labute approximate surface area is 176 Å². The van der Waals surface area contributed by atoms with Crippen LogP contribution in [-0.4, -0.2) is 11.8 Å². The average molecular weight is 415 g/mol. The molecule has 0 saturated heterocycles. The number of benzene rings is 2. The van der Waals surface area contributed by atoms with Crippen molar-refractivity contribution >= 4 is 29.1 Å². The van der Waals surface area contributed by atoms with E-state index in [0.29, 0.717) is 28.4 Å². The summed E-state index contributed by atoms with van der Waals surface area (Å²) in [7, 11) is 0. The third kappa shape index (κ3) is 5.79. The number of hydrogen-bond donors (Lipinski definition) is 4.